The van der Waals surface area contributed by atoms with Crippen LogP contribution in [0.1, 0.15) is 45.2 Å². The van der Waals surface area contributed by atoms with Crippen molar-refractivity contribution in [1.29, 1.82) is 0 Å². The van der Waals surface area contributed by atoms with E-state index in [-0.39, 0.29) is 17.5 Å². The lowest BCUT2D eigenvalue weighted by Crippen LogP contribution is -2.48. The predicted octanol–water partition coefficient (Wildman–Crippen LogP) is 2.20. The molecule has 0 aromatic heterocycles. The number of anilines is 1. The first-order chi connectivity index (χ1) is 9.43. The average molecular weight is 275 g/mol. The number of amides is 1. The summed E-state index contributed by atoms with van der Waals surface area (Å²) in [5.74, 6) is 0.0714. The van der Waals surface area contributed by atoms with Crippen molar-refractivity contribution in [3.8, 4) is 0 Å². The van der Waals surface area contributed by atoms with Gasteiger partial charge in [0.1, 0.15) is 0 Å². The van der Waals surface area contributed by atoms with Gasteiger partial charge in [-0.1, -0.05) is 25.1 Å². The van der Waals surface area contributed by atoms with E-state index in [1.54, 1.807) is 0 Å². The first-order valence-corrected chi connectivity index (χ1v) is 7.33. The van der Waals surface area contributed by atoms with Crippen LogP contribution in [0.15, 0.2) is 24.3 Å². The van der Waals surface area contributed by atoms with Crippen molar-refractivity contribution in [3.63, 3.8) is 0 Å². The van der Waals surface area contributed by atoms with Crippen molar-refractivity contribution in [2.75, 3.05) is 18.0 Å². The minimum atomic E-state index is -0.150. The van der Waals surface area contributed by atoms with E-state index >= 15 is 0 Å². The van der Waals surface area contributed by atoms with Crippen molar-refractivity contribution in [3.05, 3.63) is 29.8 Å². The zero-order chi connectivity index (χ0) is 14.8. The Balaban J connectivity index is 2.08. The number of hydrogen-bond donors (Lipinski definition) is 2. The Morgan fingerprint density at radius 1 is 1.45 bits per heavy atom. The van der Waals surface area contributed by atoms with Crippen molar-refractivity contribution >= 4 is 11.6 Å². The molecule has 4 nitrogen and oxygen atoms in total. The summed E-state index contributed by atoms with van der Waals surface area (Å²) < 4.78 is 0. The summed E-state index contributed by atoms with van der Waals surface area (Å²) in [6.45, 7) is 7.40. The molecule has 1 aromatic carbocycles. The molecule has 1 unspecified atom stereocenters. The molecule has 1 aromatic rings. The molecule has 1 aliphatic rings. The fourth-order valence-electron chi connectivity index (χ4n) is 2.50. The van der Waals surface area contributed by atoms with Gasteiger partial charge < -0.3 is 16.0 Å². The summed E-state index contributed by atoms with van der Waals surface area (Å²) in [6, 6.07) is 8.19. The molecule has 0 radical (unpaired) electrons. The van der Waals surface area contributed by atoms with E-state index in [1.165, 1.54) is 0 Å². The number of nitrogens with two attached hydrogens (primary N) is 1. The largest absolute Gasteiger partial charge is 0.362 e. The minimum Gasteiger partial charge on any atom is -0.362 e. The van der Waals surface area contributed by atoms with Crippen LogP contribution in [0.2, 0.25) is 0 Å². The van der Waals surface area contributed by atoms with E-state index in [4.69, 9.17) is 5.73 Å². The second-order valence-electron chi connectivity index (χ2n) is 6.16. The quantitative estimate of drug-likeness (QED) is 0.885. The predicted molar refractivity (Wildman–Crippen MR) is 82.7 cm³/mol. The third-order valence-electron chi connectivity index (χ3n) is 4.08. The lowest BCUT2D eigenvalue weighted by atomic mass is 9.97. The van der Waals surface area contributed by atoms with Gasteiger partial charge in [-0.2, -0.15) is 0 Å². The molecule has 1 aliphatic heterocycles. The Labute approximate surface area is 121 Å². The highest BCUT2D eigenvalue weighted by Gasteiger charge is 2.25. The van der Waals surface area contributed by atoms with E-state index in [1.807, 2.05) is 32.0 Å². The lowest BCUT2D eigenvalue weighted by molar-refractivity contribution is -0.121. The van der Waals surface area contributed by atoms with Crippen LogP contribution < -0.4 is 16.0 Å². The first kappa shape index (κ1) is 14.9. The summed E-state index contributed by atoms with van der Waals surface area (Å²) in [5, 5.41) is 3.08. The Bertz CT molecular complexity index is 484. The van der Waals surface area contributed by atoms with Gasteiger partial charge in [-0.15, -0.1) is 0 Å². The molecule has 0 bridgehead atoms. The summed E-state index contributed by atoms with van der Waals surface area (Å²) in [5.41, 5.74) is 8.22. The summed E-state index contributed by atoms with van der Waals surface area (Å²) in [7, 11) is 0. The Morgan fingerprint density at radius 2 is 2.15 bits per heavy atom. The fourth-order valence-corrected chi connectivity index (χ4v) is 2.50. The summed E-state index contributed by atoms with van der Waals surface area (Å²) >= 11 is 0. The molecule has 1 atom stereocenters. The molecular weight excluding hydrogens is 250 g/mol. The second kappa shape index (κ2) is 5.83. The Kier molecular flexibility index (Phi) is 4.33. The number of carbonyl (C=O) groups is 1. The second-order valence-corrected chi connectivity index (χ2v) is 6.16. The normalized spacial score (nSPS) is 18.6. The zero-order valence-electron chi connectivity index (χ0n) is 12.6. The molecule has 2 rings (SSSR count). The average Bonchev–Trinajstić information content (AvgIpc) is 2.42. The lowest BCUT2D eigenvalue weighted by Gasteiger charge is -2.35. The van der Waals surface area contributed by atoms with E-state index in [2.05, 4.69) is 23.2 Å². The maximum atomic E-state index is 12.2. The highest BCUT2D eigenvalue weighted by Crippen LogP contribution is 2.31. The molecule has 3 N–H and O–H groups in total. The van der Waals surface area contributed by atoms with Crippen molar-refractivity contribution in [1.82, 2.24) is 5.32 Å². The number of hydrogen-bond acceptors (Lipinski definition) is 3. The number of carbonyl (C=O) groups excluding carboxylic acids is 1. The van der Waals surface area contributed by atoms with Crippen LogP contribution in [0.3, 0.4) is 0 Å². The molecule has 20 heavy (non-hydrogen) atoms. The number of nitrogens with zero attached hydrogens (tertiary/aromatic N) is 1. The molecule has 4 heteroatoms. The van der Waals surface area contributed by atoms with E-state index in [0.29, 0.717) is 6.54 Å². The smallest absolute Gasteiger partial charge is 0.239 e. The zero-order valence-corrected chi connectivity index (χ0v) is 12.6. The van der Waals surface area contributed by atoms with Crippen LogP contribution in [0.5, 0.6) is 0 Å². The van der Waals surface area contributed by atoms with Crippen LogP contribution in [-0.4, -0.2) is 24.5 Å². The van der Waals surface area contributed by atoms with Crippen molar-refractivity contribution < 1.29 is 4.79 Å². The highest BCUT2D eigenvalue weighted by molar-refractivity contribution is 5.82. The first-order valence-electron chi connectivity index (χ1n) is 7.33. The van der Waals surface area contributed by atoms with E-state index < -0.39 is 0 Å². The molecule has 0 saturated heterocycles. The van der Waals surface area contributed by atoms with Crippen LogP contribution in [0.4, 0.5) is 5.69 Å². The standard InChI is InChI=1S/C16H25N3O/c1-4-16(2,3)18-15(20)11-19-10-9-13(17)12-7-5-6-8-14(12)19/h5-8,13H,4,9-11,17H2,1-3H3,(H,18,20). The van der Waals surface area contributed by atoms with Gasteiger partial charge in [-0.05, 0) is 38.3 Å². The number of nitrogens with one attached hydrogen (secondary N) is 1. The molecule has 0 aliphatic carbocycles. The summed E-state index contributed by atoms with van der Waals surface area (Å²) in [6.07, 6.45) is 1.81. The van der Waals surface area contributed by atoms with E-state index in [9.17, 15) is 4.79 Å². The van der Waals surface area contributed by atoms with Crippen LogP contribution >= 0.6 is 0 Å². The number of fused-ring (bicyclic) bond motifs is 1. The molecule has 110 valence electrons. The number of rotatable bonds is 4. The minimum absolute atomic E-state index is 0.0714. The fraction of sp³-hybridized carbons (Fsp3) is 0.562. The van der Waals surface area contributed by atoms with Crippen molar-refractivity contribution in [2.24, 2.45) is 5.73 Å². The van der Waals surface area contributed by atoms with E-state index in [0.717, 1.165) is 30.6 Å². The molecular formula is C16H25N3O. The summed E-state index contributed by atoms with van der Waals surface area (Å²) in [4.78, 5) is 14.3. The van der Waals surface area contributed by atoms with Gasteiger partial charge in [0.2, 0.25) is 5.91 Å². The van der Waals surface area contributed by atoms with Gasteiger partial charge in [0.05, 0.1) is 6.54 Å². The molecule has 0 spiro atoms. The number of benzene rings is 1. The van der Waals surface area contributed by atoms with Gasteiger partial charge in [0.15, 0.2) is 0 Å². The topological polar surface area (TPSA) is 58.4 Å². The van der Waals surface area contributed by atoms with Crippen LogP contribution in [0, 0.1) is 0 Å². The molecule has 1 heterocycles. The SMILES string of the molecule is CCC(C)(C)NC(=O)CN1CCC(N)c2ccccc21. The van der Waals surface area contributed by atoms with Crippen LogP contribution in [-0.2, 0) is 4.79 Å². The van der Waals surface area contributed by atoms with Gasteiger partial charge in [-0.25, -0.2) is 0 Å². The van der Waals surface area contributed by atoms with Gasteiger partial charge in [-0.3, -0.25) is 4.79 Å². The monoisotopic (exact) mass is 275 g/mol. The third-order valence-corrected chi connectivity index (χ3v) is 4.08. The van der Waals surface area contributed by atoms with Gasteiger partial charge >= 0.3 is 0 Å². The van der Waals surface area contributed by atoms with Crippen molar-refractivity contribution in [2.45, 2.75) is 45.2 Å². The Hall–Kier alpha value is -1.55. The molecule has 0 fully saturated rings. The van der Waals surface area contributed by atoms with Crippen LogP contribution in [0.25, 0.3) is 0 Å². The molecule has 0 saturated carbocycles. The highest BCUT2D eigenvalue weighted by atomic mass is 16.2. The van der Waals surface area contributed by atoms with Gasteiger partial charge in [0, 0.05) is 23.8 Å². The third kappa shape index (κ3) is 3.31. The molecule has 1 amide bonds. The maximum absolute atomic E-state index is 12.2. The number of para-hydroxylation sites is 1. The van der Waals surface area contributed by atoms with Gasteiger partial charge in [0.25, 0.3) is 0 Å². The Morgan fingerprint density at radius 3 is 2.85 bits per heavy atom. The maximum Gasteiger partial charge on any atom is 0.239 e.